The Balaban J connectivity index is 3.98. The Hall–Kier alpha value is -0.860. The zero-order valence-corrected chi connectivity index (χ0v) is 10.1. The third-order valence-electron chi connectivity index (χ3n) is 2.37. The Morgan fingerprint density at radius 3 is 2.27 bits per heavy atom. The van der Waals surface area contributed by atoms with Crippen LogP contribution in [-0.4, -0.2) is 17.7 Å². The Labute approximate surface area is 92.6 Å². The molecule has 0 aromatic heterocycles. The predicted octanol–water partition coefficient (Wildman–Crippen LogP) is 2.44. The van der Waals surface area contributed by atoms with Crippen LogP contribution in [0.25, 0.3) is 0 Å². The van der Waals surface area contributed by atoms with Crippen molar-refractivity contribution in [2.45, 2.75) is 65.3 Å². The lowest BCUT2D eigenvalue weighted by molar-refractivity contribution is -0.127. The normalized spacial score (nSPS) is 12.2. The van der Waals surface area contributed by atoms with Gasteiger partial charge in [-0.2, -0.15) is 0 Å². The summed E-state index contributed by atoms with van der Waals surface area (Å²) in [6.45, 7) is 5.60. The minimum absolute atomic E-state index is 0.114. The molecule has 1 unspecified atom stereocenters. The molecule has 1 N–H and O–H groups in total. The molecule has 0 bridgehead atoms. The highest BCUT2D eigenvalue weighted by Gasteiger charge is 2.17. The van der Waals surface area contributed by atoms with Gasteiger partial charge in [-0.3, -0.25) is 9.59 Å². The molecule has 0 spiro atoms. The Morgan fingerprint density at radius 2 is 1.80 bits per heavy atom. The van der Waals surface area contributed by atoms with E-state index in [9.17, 15) is 9.59 Å². The van der Waals surface area contributed by atoms with Gasteiger partial charge in [0.05, 0.1) is 6.04 Å². The first-order chi connectivity index (χ1) is 7.11. The number of amides is 1. The van der Waals surface area contributed by atoms with Gasteiger partial charge in [0.25, 0.3) is 0 Å². The van der Waals surface area contributed by atoms with E-state index in [2.05, 4.69) is 12.2 Å². The second-order valence-corrected chi connectivity index (χ2v) is 3.97. The summed E-state index contributed by atoms with van der Waals surface area (Å²) < 4.78 is 0. The van der Waals surface area contributed by atoms with Crippen molar-refractivity contribution in [3.05, 3.63) is 0 Å². The summed E-state index contributed by atoms with van der Waals surface area (Å²) in [5.74, 6) is 0.0674. The summed E-state index contributed by atoms with van der Waals surface area (Å²) in [5.41, 5.74) is 0. The fraction of sp³-hybridized carbons (Fsp3) is 0.833. The SMILES string of the molecule is CCCCCC(=O)C(CCC)NC(C)=O. The zero-order valence-electron chi connectivity index (χ0n) is 10.1. The maximum atomic E-state index is 11.7. The van der Waals surface area contributed by atoms with Gasteiger partial charge >= 0.3 is 0 Å². The number of nitrogens with one attached hydrogen (secondary N) is 1. The van der Waals surface area contributed by atoms with E-state index in [1.54, 1.807) is 0 Å². The molecule has 0 rings (SSSR count). The van der Waals surface area contributed by atoms with Gasteiger partial charge in [-0.15, -0.1) is 0 Å². The summed E-state index contributed by atoms with van der Waals surface area (Å²) >= 11 is 0. The number of unbranched alkanes of at least 4 members (excludes halogenated alkanes) is 2. The van der Waals surface area contributed by atoms with E-state index in [0.717, 1.165) is 32.1 Å². The number of carbonyl (C=O) groups excluding carboxylic acids is 2. The average molecular weight is 213 g/mol. The molecule has 0 heterocycles. The Bertz CT molecular complexity index is 202. The molecule has 3 heteroatoms. The van der Waals surface area contributed by atoms with Crippen LogP contribution >= 0.6 is 0 Å². The topological polar surface area (TPSA) is 46.2 Å². The van der Waals surface area contributed by atoms with Crippen molar-refractivity contribution < 1.29 is 9.59 Å². The van der Waals surface area contributed by atoms with E-state index in [-0.39, 0.29) is 17.7 Å². The van der Waals surface area contributed by atoms with Gasteiger partial charge in [0, 0.05) is 13.3 Å². The largest absolute Gasteiger partial charge is 0.347 e. The Morgan fingerprint density at radius 1 is 1.13 bits per heavy atom. The van der Waals surface area contributed by atoms with Gasteiger partial charge in [-0.25, -0.2) is 0 Å². The van der Waals surface area contributed by atoms with E-state index < -0.39 is 0 Å². The number of hydrogen-bond acceptors (Lipinski definition) is 2. The van der Waals surface area contributed by atoms with E-state index >= 15 is 0 Å². The van der Waals surface area contributed by atoms with Gasteiger partial charge in [-0.1, -0.05) is 33.1 Å². The molecule has 3 nitrogen and oxygen atoms in total. The van der Waals surface area contributed by atoms with Crippen molar-refractivity contribution in [1.82, 2.24) is 5.32 Å². The standard InChI is InChI=1S/C12H23NO2/c1-4-6-7-9-12(15)11(8-5-2)13-10(3)14/h11H,4-9H2,1-3H3,(H,13,14). The maximum absolute atomic E-state index is 11.7. The molecule has 0 radical (unpaired) electrons. The summed E-state index contributed by atoms with van der Waals surface area (Å²) in [4.78, 5) is 22.6. The first-order valence-corrected chi connectivity index (χ1v) is 5.91. The number of hydrogen-bond donors (Lipinski definition) is 1. The highest BCUT2D eigenvalue weighted by atomic mass is 16.2. The second kappa shape index (κ2) is 8.45. The molecular weight excluding hydrogens is 190 g/mol. The van der Waals surface area contributed by atoms with Crippen LogP contribution in [0.1, 0.15) is 59.3 Å². The zero-order chi connectivity index (χ0) is 11.7. The maximum Gasteiger partial charge on any atom is 0.217 e. The molecule has 0 saturated carbocycles. The van der Waals surface area contributed by atoms with Crippen LogP contribution in [0.15, 0.2) is 0 Å². The van der Waals surface area contributed by atoms with E-state index in [4.69, 9.17) is 0 Å². The van der Waals surface area contributed by atoms with Crippen molar-refractivity contribution in [3.63, 3.8) is 0 Å². The summed E-state index contributed by atoms with van der Waals surface area (Å²) in [6, 6.07) is -0.260. The van der Waals surface area contributed by atoms with Crippen LogP contribution in [0, 0.1) is 0 Å². The fourth-order valence-corrected chi connectivity index (χ4v) is 1.57. The summed E-state index contributed by atoms with van der Waals surface area (Å²) in [5, 5.41) is 2.72. The summed E-state index contributed by atoms with van der Waals surface area (Å²) in [6.07, 6.45) is 5.42. The summed E-state index contributed by atoms with van der Waals surface area (Å²) in [7, 11) is 0. The first-order valence-electron chi connectivity index (χ1n) is 5.91. The van der Waals surface area contributed by atoms with Crippen molar-refractivity contribution in [3.8, 4) is 0 Å². The van der Waals surface area contributed by atoms with Crippen molar-refractivity contribution in [1.29, 1.82) is 0 Å². The molecular formula is C12H23NO2. The number of rotatable bonds is 8. The molecule has 0 aliphatic carbocycles. The molecule has 0 aromatic rings. The van der Waals surface area contributed by atoms with Crippen molar-refractivity contribution in [2.75, 3.05) is 0 Å². The van der Waals surface area contributed by atoms with Gasteiger partial charge < -0.3 is 5.32 Å². The van der Waals surface area contributed by atoms with Crippen molar-refractivity contribution in [2.24, 2.45) is 0 Å². The molecule has 1 amide bonds. The number of carbonyl (C=O) groups is 2. The smallest absolute Gasteiger partial charge is 0.217 e. The molecule has 0 aromatic carbocycles. The van der Waals surface area contributed by atoms with Gasteiger partial charge in [0.1, 0.15) is 0 Å². The number of Topliss-reactive ketones (excluding diaryl/α,β-unsaturated/α-hetero) is 1. The molecule has 15 heavy (non-hydrogen) atoms. The lowest BCUT2D eigenvalue weighted by atomic mass is 10.0. The third-order valence-corrected chi connectivity index (χ3v) is 2.37. The van der Waals surface area contributed by atoms with Gasteiger partial charge in [0.15, 0.2) is 5.78 Å². The molecule has 0 aliphatic heterocycles. The van der Waals surface area contributed by atoms with Crippen LogP contribution < -0.4 is 5.32 Å². The quantitative estimate of drug-likeness (QED) is 0.629. The van der Waals surface area contributed by atoms with Gasteiger partial charge in [-0.05, 0) is 12.8 Å². The van der Waals surface area contributed by atoms with E-state index in [1.807, 2.05) is 6.92 Å². The predicted molar refractivity (Wildman–Crippen MR) is 61.7 cm³/mol. The van der Waals surface area contributed by atoms with E-state index in [0.29, 0.717) is 6.42 Å². The van der Waals surface area contributed by atoms with Crippen molar-refractivity contribution >= 4 is 11.7 Å². The minimum Gasteiger partial charge on any atom is -0.347 e. The lowest BCUT2D eigenvalue weighted by Crippen LogP contribution is -2.39. The highest BCUT2D eigenvalue weighted by molar-refractivity contribution is 5.88. The molecule has 1 atom stereocenters. The Kier molecular flexibility index (Phi) is 7.96. The van der Waals surface area contributed by atoms with Crippen LogP contribution in [0.3, 0.4) is 0 Å². The highest BCUT2D eigenvalue weighted by Crippen LogP contribution is 2.06. The van der Waals surface area contributed by atoms with Gasteiger partial charge in [0.2, 0.25) is 5.91 Å². The third kappa shape index (κ3) is 7.11. The monoisotopic (exact) mass is 213 g/mol. The van der Waals surface area contributed by atoms with Crippen LogP contribution in [0.4, 0.5) is 0 Å². The molecule has 0 saturated heterocycles. The fourth-order valence-electron chi connectivity index (χ4n) is 1.57. The van der Waals surface area contributed by atoms with E-state index in [1.165, 1.54) is 6.92 Å². The van der Waals surface area contributed by atoms with Crippen LogP contribution in [-0.2, 0) is 9.59 Å². The molecule has 0 aliphatic rings. The molecule has 0 fully saturated rings. The first kappa shape index (κ1) is 14.1. The molecule has 88 valence electrons. The van der Waals surface area contributed by atoms with Crippen LogP contribution in [0.2, 0.25) is 0 Å². The average Bonchev–Trinajstić information content (AvgIpc) is 2.17. The minimum atomic E-state index is -0.260. The number of ketones is 1. The second-order valence-electron chi connectivity index (χ2n) is 3.97. The van der Waals surface area contributed by atoms with Crippen LogP contribution in [0.5, 0.6) is 0 Å². The lowest BCUT2D eigenvalue weighted by Gasteiger charge is -2.15.